The Morgan fingerprint density at radius 2 is 0.806 bits per heavy atom. The Kier molecular flexibility index (Phi) is 28.1. The molecule has 0 N–H and O–H groups in total. The monoisotopic (exact) mass is 507 g/mol. The van der Waals surface area contributed by atoms with E-state index in [2.05, 4.69) is 20.4 Å². The molecule has 0 aromatic heterocycles. The van der Waals surface area contributed by atoms with Gasteiger partial charge in [-0.15, -0.1) is 0 Å². The molecule has 0 bridgehead atoms. The maximum absolute atomic E-state index is 11.9. The summed E-state index contributed by atoms with van der Waals surface area (Å²) in [5.41, 5.74) is 0.518. The topological polar surface area (TPSA) is 26.3 Å². The summed E-state index contributed by atoms with van der Waals surface area (Å²) >= 11 is 0. The standard InChI is InChI=1S/C34H66O2/c1-5-7-9-11-13-15-17-18-19-20-22-24-26-28-30-33(31-36-34(35)32(3)4)29-27-25-23-21-16-14-12-10-8-6-2/h33H,3,5-31H2,1-2,4H3. The van der Waals surface area contributed by atoms with Gasteiger partial charge in [0.1, 0.15) is 0 Å². The van der Waals surface area contributed by atoms with E-state index in [0.717, 1.165) is 0 Å². The minimum Gasteiger partial charge on any atom is -0.462 e. The van der Waals surface area contributed by atoms with Gasteiger partial charge in [-0.2, -0.15) is 0 Å². The van der Waals surface area contributed by atoms with Gasteiger partial charge in [0, 0.05) is 5.57 Å². The van der Waals surface area contributed by atoms with Gasteiger partial charge in [-0.05, 0) is 25.7 Å². The Balaban J connectivity index is 3.79. The molecule has 0 aliphatic rings. The Bertz CT molecular complexity index is 470. The van der Waals surface area contributed by atoms with Crippen molar-refractivity contribution >= 4 is 5.97 Å². The lowest BCUT2D eigenvalue weighted by Crippen LogP contribution is -2.15. The highest BCUT2D eigenvalue weighted by Gasteiger charge is 2.12. The molecule has 2 nitrogen and oxygen atoms in total. The third-order valence-corrected chi connectivity index (χ3v) is 7.73. The van der Waals surface area contributed by atoms with Gasteiger partial charge in [0.25, 0.3) is 0 Å². The van der Waals surface area contributed by atoms with Crippen molar-refractivity contribution in [2.75, 3.05) is 6.61 Å². The summed E-state index contributed by atoms with van der Waals surface area (Å²) in [6.07, 6.45) is 35.8. The second kappa shape index (κ2) is 28.8. The lowest BCUT2D eigenvalue weighted by atomic mass is 9.94. The van der Waals surface area contributed by atoms with Crippen LogP contribution in [0.3, 0.4) is 0 Å². The molecule has 0 aliphatic carbocycles. The molecule has 1 unspecified atom stereocenters. The predicted octanol–water partition coefficient (Wildman–Crippen LogP) is 11.9. The molecule has 0 heterocycles. The van der Waals surface area contributed by atoms with E-state index >= 15 is 0 Å². The SMILES string of the molecule is C=C(C)C(=O)OCC(CCCCCCCCCCCC)CCCCCCCCCCCCCCCC. The van der Waals surface area contributed by atoms with E-state index in [0.29, 0.717) is 18.1 Å². The Hall–Kier alpha value is -0.790. The molecule has 0 saturated heterocycles. The van der Waals surface area contributed by atoms with Crippen LogP contribution in [0.25, 0.3) is 0 Å². The fraction of sp³-hybridized carbons (Fsp3) is 0.912. The fourth-order valence-corrected chi connectivity index (χ4v) is 5.18. The second-order valence-electron chi connectivity index (χ2n) is 11.6. The number of hydrogen-bond donors (Lipinski definition) is 0. The maximum atomic E-state index is 11.9. The predicted molar refractivity (Wildman–Crippen MR) is 161 cm³/mol. The number of rotatable bonds is 29. The van der Waals surface area contributed by atoms with E-state index in [1.165, 1.54) is 167 Å². The third-order valence-electron chi connectivity index (χ3n) is 7.73. The summed E-state index contributed by atoms with van der Waals surface area (Å²) in [4.78, 5) is 11.9. The number of esters is 1. The van der Waals surface area contributed by atoms with Crippen LogP contribution in [0.15, 0.2) is 12.2 Å². The van der Waals surface area contributed by atoms with Crippen LogP contribution in [-0.2, 0) is 9.53 Å². The van der Waals surface area contributed by atoms with Crippen LogP contribution in [0.4, 0.5) is 0 Å². The highest BCUT2D eigenvalue weighted by atomic mass is 16.5. The van der Waals surface area contributed by atoms with Crippen molar-refractivity contribution in [1.29, 1.82) is 0 Å². The number of unbranched alkanes of at least 4 members (excludes halogenated alkanes) is 22. The first kappa shape index (κ1) is 35.2. The second-order valence-corrected chi connectivity index (χ2v) is 11.6. The van der Waals surface area contributed by atoms with Gasteiger partial charge >= 0.3 is 5.97 Å². The van der Waals surface area contributed by atoms with Gasteiger partial charge in [-0.3, -0.25) is 0 Å². The molecule has 214 valence electrons. The minimum absolute atomic E-state index is 0.218. The molecular formula is C34H66O2. The van der Waals surface area contributed by atoms with E-state index in [1.807, 2.05) is 0 Å². The van der Waals surface area contributed by atoms with E-state index < -0.39 is 0 Å². The molecule has 0 rings (SSSR count). The summed E-state index contributed by atoms with van der Waals surface area (Å²) in [7, 11) is 0. The van der Waals surface area contributed by atoms with Gasteiger partial charge in [0.15, 0.2) is 0 Å². The maximum Gasteiger partial charge on any atom is 0.333 e. The number of hydrogen-bond acceptors (Lipinski definition) is 2. The largest absolute Gasteiger partial charge is 0.462 e. The average Bonchev–Trinajstić information content (AvgIpc) is 2.87. The zero-order chi connectivity index (χ0) is 26.5. The number of ether oxygens (including phenoxy) is 1. The summed E-state index contributed by atoms with van der Waals surface area (Å²) in [6.45, 7) is 10.6. The number of carbonyl (C=O) groups is 1. The first-order valence-corrected chi connectivity index (χ1v) is 16.4. The van der Waals surface area contributed by atoms with Crippen LogP contribution < -0.4 is 0 Å². The molecule has 0 radical (unpaired) electrons. The molecule has 0 aromatic rings. The van der Waals surface area contributed by atoms with Crippen molar-refractivity contribution in [3.63, 3.8) is 0 Å². The summed E-state index contributed by atoms with van der Waals surface area (Å²) in [6, 6.07) is 0. The molecular weight excluding hydrogens is 440 g/mol. The van der Waals surface area contributed by atoms with Crippen LogP contribution in [0, 0.1) is 5.92 Å². The molecule has 0 saturated carbocycles. The van der Waals surface area contributed by atoms with Gasteiger partial charge < -0.3 is 4.74 Å². The normalized spacial score (nSPS) is 12.1. The van der Waals surface area contributed by atoms with Crippen molar-refractivity contribution in [2.45, 2.75) is 188 Å². The lowest BCUT2D eigenvalue weighted by molar-refractivity contribution is -0.140. The van der Waals surface area contributed by atoms with E-state index in [1.54, 1.807) is 6.92 Å². The molecule has 2 heteroatoms. The van der Waals surface area contributed by atoms with Crippen LogP contribution in [0.5, 0.6) is 0 Å². The van der Waals surface area contributed by atoms with E-state index in [-0.39, 0.29) is 5.97 Å². The molecule has 0 amide bonds. The average molecular weight is 507 g/mol. The van der Waals surface area contributed by atoms with Crippen LogP contribution >= 0.6 is 0 Å². The molecule has 0 aliphatic heterocycles. The Labute approximate surface area is 227 Å². The van der Waals surface area contributed by atoms with E-state index in [9.17, 15) is 4.79 Å². The van der Waals surface area contributed by atoms with Gasteiger partial charge in [-0.25, -0.2) is 4.79 Å². The summed E-state index contributed by atoms with van der Waals surface area (Å²) < 4.78 is 5.54. The van der Waals surface area contributed by atoms with Crippen LogP contribution in [-0.4, -0.2) is 12.6 Å². The van der Waals surface area contributed by atoms with Crippen LogP contribution in [0.1, 0.15) is 188 Å². The minimum atomic E-state index is -0.218. The summed E-state index contributed by atoms with van der Waals surface area (Å²) in [5.74, 6) is 0.309. The summed E-state index contributed by atoms with van der Waals surface area (Å²) in [5, 5.41) is 0. The number of carbonyl (C=O) groups excluding carboxylic acids is 1. The first-order valence-electron chi connectivity index (χ1n) is 16.4. The quantitative estimate of drug-likeness (QED) is 0.0572. The van der Waals surface area contributed by atoms with Crippen LogP contribution in [0.2, 0.25) is 0 Å². The third kappa shape index (κ3) is 26.3. The molecule has 1 atom stereocenters. The van der Waals surface area contributed by atoms with Crippen molar-refractivity contribution in [3.05, 3.63) is 12.2 Å². The first-order chi connectivity index (χ1) is 17.6. The zero-order valence-electron chi connectivity index (χ0n) is 25.2. The molecule has 0 aromatic carbocycles. The highest BCUT2D eigenvalue weighted by molar-refractivity contribution is 5.86. The van der Waals surface area contributed by atoms with Crippen molar-refractivity contribution < 1.29 is 9.53 Å². The fourth-order valence-electron chi connectivity index (χ4n) is 5.18. The molecule has 36 heavy (non-hydrogen) atoms. The zero-order valence-corrected chi connectivity index (χ0v) is 25.2. The van der Waals surface area contributed by atoms with Gasteiger partial charge in [0.05, 0.1) is 6.61 Å². The van der Waals surface area contributed by atoms with Gasteiger partial charge in [-0.1, -0.05) is 175 Å². The smallest absolute Gasteiger partial charge is 0.333 e. The lowest BCUT2D eigenvalue weighted by Gasteiger charge is -2.17. The van der Waals surface area contributed by atoms with Crippen molar-refractivity contribution in [2.24, 2.45) is 5.92 Å². The molecule has 0 spiro atoms. The van der Waals surface area contributed by atoms with Crippen molar-refractivity contribution in [1.82, 2.24) is 0 Å². The Morgan fingerprint density at radius 3 is 1.08 bits per heavy atom. The van der Waals surface area contributed by atoms with E-state index in [4.69, 9.17) is 4.74 Å². The highest BCUT2D eigenvalue weighted by Crippen LogP contribution is 2.21. The van der Waals surface area contributed by atoms with Gasteiger partial charge in [0.2, 0.25) is 0 Å². The Morgan fingerprint density at radius 1 is 0.528 bits per heavy atom. The molecule has 0 fully saturated rings. The van der Waals surface area contributed by atoms with Crippen molar-refractivity contribution in [3.8, 4) is 0 Å².